The average molecular weight is 553 g/mol. The molecule has 3 N–H and O–H groups in total. The predicted octanol–water partition coefficient (Wildman–Crippen LogP) is 3.85. The molecular weight excluding hydrogens is 523 g/mol. The number of nitrogens with zero attached hydrogens (tertiary/aromatic N) is 5. The van der Waals surface area contributed by atoms with Crippen LogP contribution in [-0.2, 0) is 13.9 Å². The highest BCUT2D eigenvalue weighted by Crippen LogP contribution is 2.42. The van der Waals surface area contributed by atoms with E-state index in [4.69, 9.17) is 9.26 Å². The molecule has 4 aromatic heterocycles. The Morgan fingerprint density at radius 2 is 1.92 bits per heavy atom. The van der Waals surface area contributed by atoms with Crippen LogP contribution in [0.3, 0.4) is 0 Å². The lowest BCUT2D eigenvalue weighted by molar-refractivity contribution is -0.111. The fourth-order valence-electron chi connectivity index (χ4n) is 3.96. The number of nitrogens with one attached hydrogen (secondary N) is 1. The van der Waals surface area contributed by atoms with Crippen molar-refractivity contribution in [3.05, 3.63) is 67.4 Å². The Kier molecular flexibility index (Phi) is 8.54. The zero-order valence-electron chi connectivity index (χ0n) is 21.8. The molecule has 0 bridgehead atoms. The van der Waals surface area contributed by atoms with Crippen LogP contribution in [0.25, 0.3) is 33.3 Å². The van der Waals surface area contributed by atoms with Gasteiger partial charge in [-0.15, -0.1) is 0 Å². The van der Waals surface area contributed by atoms with Crippen molar-refractivity contribution >= 4 is 30.5 Å². The standard InChI is InChI=1S/C26H29N6O6P/c1-17(38-39(34,35)36)32-16-23(18-7-8-28-25(12-18)37-4)22-11-20(14-29-26(22)32)19-10-21(15-27-13-19)30-24(33)6-5-9-31(2)3/h5-8,10-17H,9H2,1-4H3,(H,30,33)(H2,34,35,36). The van der Waals surface area contributed by atoms with E-state index in [0.717, 1.165) is 16.7 Å². The minimum Gasteiger partial charge on any atom is -0.481 e. The second-order valence-corrected chi connectivity index (χ2v) is 10.1. The molecule has 1 unspecified atom stereocenters. The topological polar surface area (TPSA) is 152 Å². The Bertz CT molecular complexity index is 1560. The third-order valence-electron chi connectivity index (χ3n) is 5.69. The molecule has 39 heavy (non-hydrogen) atoms. The summed E-state index contributed by atoms with van der Waals surface area (Å²) in [6, 6.07) is 7.23. The molecule has 0 aliphatic heterocycles. The molecule has 204 valence electrons. The molecule has 1 atom stereocenters. The Hall–Kier alpha value is -3.93. The first-order chi connectivity index (χ1) is 18.5. The largest absolute Gasteiger partial charge is 0.481 e. The molecule has 0 saturated carbocycles. The molecular formula is C26H29N6O6P. The third-order valence-corrected chi connectivity index (χ3v) is 6.26. The van der Waals surface area contributed by atoms with E-state index in [-0.39, 0.29) is 5.91 Å². The summed E-state index contributed by atoms with van der Waals surface area (Å²) in [6.07, 6.45) is 10.4. The van der Waals surface area contributed by atoms with Crippen LogP contribution in [0.15, 0.2) is 67.4 Å². The zero-order valence-corrected chi connectivity index (χ0v) is 22.7. The second kappa shape index (κ2) is 11.9. The number of fused-ring (bicyclic) bond motifs is 1. The SMILES string of the molecule is COc1cc(-c2cn(C(C)OP(=O)(O)O)c3ncc(-c4cncc(NC(=O)C=CCN(C)C)c4)cc23)ccn1. The van der Waals surface area contributed by atoms with Crippen LogP contribution < -0.4 is 10.1 Å². The summed E-state index contributed by atoms with van der Waals surface area (Å²) in [5, 5.41) is 3.51. The predicted molar refractivity (Wildman–Crippen MR) is 147 cm³/mol. The van der Waals surface area contributed by atoms with E-state index >= 15 is 0 Å². The lowest BCUT2D eigenvalue weighted by Gasteiger charge is -2.16. The molecule has 0 spiro atoms. The molecule has 12 nitrogen and oxygen atoms in total. The maximum Gasteiger partial charge on any atom is 0.471 e. The number of carbonyl (C=O) groups is 1. The first kappa shape index (κ1) is 28.1. The van der Waals surface area contributed by atoms with E-state index < -0.39 is 14.1 Å². The quantitative estimate of drug-likeness (QED) is 0.195. The fraction of sp³-hybridized carbons (Fsp3) is 0.231. The Labute approximate surface area is 225 Å². The number of pyridine rings is 3. The normalized spacial score (nSPS) is 12.8. The average Bonchev–Trinajstić information content (AvgIpc) is 3.27. The number of methoxy groups -OCH3 is 1. The first-order valence-corrected chi connectivity index (χ1v) is 13.4. The van der Waals surface area contributed by atoms with E-state index in [1.165, 1.54) is 20.1 Å². The number of amides is 1. The molecule has 4 rings (SSSR count). The van der Waals surface area contributed by atoms with E-state index in [9.17, 15) is 19.1 Å². The van der Waals surface area contributed by atoms with Gasteiger partial charge in [0.15, 0.2) is 0 Å². The van der Waals surface area contributed by atoms with Gasteiger partial charge in [0.2, 0.25) is 11.8 Å². The number of hydrogen-bond acceptors (Lipinski definition) is 8. The molecule has 4 heterocycles. The molecule has 1 amide bonds. The number of phosphoric ester groups is 1. The summed E-state index contributed by atoms with van der Waals surface area (Å²) in [7, 11) is 0.586. The van der Waals surface area contributed by atoms with Crippen LogP contribution in [-0.4, -0.2) is 67.9 Å². The van der Waals surface area contributed by atoms with Crippen molar-refractivity contribution < 1.29 is 28.4 Å². The van der Waals surface area contributed by atoms with Crippen molar-refractivity contribution in [2.24, 2.45) is 0 Å². The fourth-order valence-corrected chi connectivity index (χ4v) is 4.45. The minimum absolute atomic E-state index is 0.269. The molecule has 4 aromatic rings. The van der Waals surface area contributed by atoms with Gasteiger partial charge in [-0.2, -0.15) is 0 Å². The van der Waals surface area contributed by atoms with Gasteiger partial charge < -0.3 is 29.3 Å². The van der Waals surface area contributed by atoms with Gasteiger partial charge in [-0.05, 0) is 44.8 Å². The summed E-state index contributed by atoms with van der Waals surface area (Å²) in [6.45, 7) is 2.16. The number of carbonyl (C=O) groups excluding carboxylic acids is 1. The highest BCUT2D eigenvalue weighted by atomic mass is 31.2. The zero-order chi connectivity index (χ0) is 28.2. The van der Waals surface area contributed by atoms with Gasteiger partial charge in [0.25, 0.3) is 0 Å². The van der Waals surface area contributed by atoms with Gasteiger partial charge in [-0.25, -0.2) is 14.5 Å². The summed E-state index contributed by atoms with van der Waals surface area (Å²) in [5.41, 5.74) is 3.89. The number of likely N-dealkylation sites (N-methyl/N-ethyl adjacent to an activating group) is 1. The van der Waals surface area contributed by atoms with Crippen molar-refractivity contribution in [3.63, 3.8) is 0 Å². The Morgan fingerprint density at radius 3 is 2.64 bits per heavy atom. The van der Waals surface area contributed by atoms with Crippen molar-refractivity contribution in [1.82, 2.24) is 24.4 Å². The van der Waals surface area contributed by atoms with Gasteiger partial charge in [0.05, 0.1) is 19.0 Å². The number of anilines is 1. The smallest absolute Gasteiger partial charge is 0.471 e. The number of phosphoric acid groups is 1. The van der Waals surface area contributed by atoms with Crippen LogP contribution in [0, 0.1) is 0 Å². The summed E-state index contributed by atoms with van der Waals surface area (Å²) in [4.78, 5) is 46.0. The molecule has 0 aliphatic rings. The molecule has 13 heteroatoms. The van der Waals surface area contributed by atoms with E-state index in [0.29, 0.717) is 34.7 Å². The monoisotopic (exact) mass is 552 g/mol. The van der Waals surface area contributed by atoms with Crippen molar-refractivity contribution in [3.8, 4) is 28.1 Å². The highest BCUT2D eigenvalue weighted by molar-refractivity contribution is 7.46. The molecule has 0 saturated heterocycles. The van der Waals surface area contributed by atoms with E-state index in [2.05, 4.69) is 20.3 Å². The molecule has 0 aromatic carbocycles. The number of rotatable bonds is 10. The first-order valence-electron chi connectivity index (χ1n) is 11.9. The maximum absolute atomic E-state index is 12.3. The van der Waals surface area contributed by atoms with Crippen molar-refractivity contribution in [2.45, 2.75) is 13.2 Å². The Morgan fingerprint density at radius 1 is 1.15 bits per heavy atom. The second-order valence-electron chi connectivity index (χ2n) is 8.94. The van der Waals surface area contributed by atoms with Crippen molar-refractivity contribution in [2.75, 3.05) is 33.1 Å². The van der Waals surface area contributed by atoms with Crippen LogP contribution >= 0.6 is 7.82 Å². The molecule has 0 fully saturated rings. The minimum atomic E-state index is -4.76. The lowest BCUT2D eigenvalue weighted by Crippen LogP contribution is -2.13. The maximum atomic E-state index is 12.3. The third kappa shape index (κ3) is 7.14. The van der Waals surface area contributed by atoms with Crippen LogP contribution in [0.5, 0.6) is 5.88 Å². The van der Waals surface area contributed by atoms with Gasteiger partial charge in [0.1, 0.15) is 11.9 Å². The Balaban J connectivity index is 1.75. The lowest BCUT2D eigenvalue weighted by atomic mass is 10.0. The summed E-state index contributed by atoms with van der Waals surface area (Å²) < 4.78 is 23.3. The van der Waals surface area contributed by atoms with E-state index in [1.54, 1.807) is 59.8 Å². The number of hydrogen-bond donors (Lipinski definition) is 3. The van der Waals surface area contributed by atoms with Gasteiger partial charge >= 0.3 is 7.82 Å². The van der Waals surface area contributed by atoms with Crippen molar-refractivity contribution in [1.29, 1.82) is 0 Å². The van der Waals surface area contributed by atoms with E-state index in [1.807, 2.05) is 25.1 Å². The summed E-state index contributed by atoms with van der Waals surface area (Å²) >= 11 is 0. The number of aromatic nitrogens is 4. The van der Waals surface area contributed by atoms with Gasteiger partial charge in [-0.1, -0.05) is 6.08 Å². The van der Waals surface area contributed by atoms with Gasteiger partial charge in [-0.3, -0.25) is 14.3 Å². The summed E-state index contributed by atoms with van der Waals surface area (Å²) in [5.74, 6) is 0.138. The van der Waals surface area contributed by atoms with Crippen LogP contribution in [0.2, 0.25) is 0 Å². The van der Waals surface area contributed by atoms with Crippen LogP contribution in [0.4, 0.5) is 5.69 Å². The number of ether oxygens (including phenoxy) is 1. The molecule has 0 aliphatic carbocycles. The van der Waals surface area contributed by atoms with Gasteiger partial charge in [0, 0.05) is 65.6 Å². The highest BCUT2D eigenvalue weighted by Gasteiger charge is 2.23. The molecule has 0 radical (unpaired) electrons. The van der Waals surface area contributed by atoms with Crippen LogP contribution in [0.1, 0.15) is 13.2 Å².